The van der Waals surface area contributed by atoms with Crippen LogP contribution in [0.2, 0.25) is 0 Å². The maximum Gasteiger partial charge on any atom is 0.404 e. The van der Waals surface area contributed by atoms with Gasteiger partial charge in [-0.2, -0.15) is 13.2 Å². The highest BCUT2D eigenvalue weighted by Gasteiger charge is 2.53. The lowest BCUT2D eigenvalue weighted by Crippen LogP contribution is -2.45. The van der Waals surface area contributed by atoms with E-state index < -0.39 is 28.6 Å². The van der Waals surface area contributed by atoms with Crippen LogP contribution in [0.4, 0.5) is 18.9 Å². The largest absolute Gasteiger partial charge is 0.404 e. The van der Waals surface area contributed by atoms with Crippen molar-refractivity contribution in [3.05, 3.63) is 77.9 Å². The van der Waals surface area contributed by atoms with Gasteiger partial charge in [0.1, 0.15) is 5.25 Å². The van der Waals surface area contributed by atoms with Crippen LogP contribution < -0.4 is 4.90 Å². The van der Waals surface area contributed by atoms with Crippen molar-refractivity contribution in [2.24, 2.45) is 0 Å². The second-order valence-electron chi connectivity index (χ2n) is 6.04. The zero-order valence-electron chi connectivity index (χ0n) is 14.5. The minimum atomic E-state index is -4.60. The van der Waals surface area contributed by atoms with Crippen LogP contribution >= 0.6 is 11.8 Å². The van der Waals surface area contributed by atoms with Gasteiger partial charge in [0.25, 0.3) is 5.91 Å². The number of anilines is 1. The normalized spacial score (nSPS) is 21.3. The lowest BCUT2D eigenvalue weighted by molar-refractivity contribution is -0.129. The van der Waals surface area contributed by atoms with Gasteiger partial charge >= 0.3 is 6.18 Å². The molecule has 0 aromatic heterocycles. The minimum Gasteiger partial charge on any atom is -0.363 e. The molecule has 0 saturated heterocycles. The predicted molar refractivity (Wildman–Crippen MR) is 100 cm³/mol. The summed E-state index contributed by atoms with van der Waals surface area (Å²) in [7, 11) is 0. The van der Waals surface area contributed by atoms with E-state index in [4.69, 9.17) is 0 Å². The molecule has 0 fully saturated rings. The van der Waals surface area contributed by atoms with E-state index in [0.29, 0.717) is 23.0 Å². The van der Waals surface area contributed by atoms with Crippen molar-refractivity contribution in [1.29, 1.82) is 0 Å². The van der Waals surface area contributed by atoms with Crippen molar-refractivity contribution < 1.29 is 23.1 Å². The zero-order chi connectivity index (χ0) is 19.7. The summed E-state index contributed by atoms with van der Waals surface area (Å²) in [6.45, 7) is 1.60. The number of rotatable bonds is 5. The molecule has 0 saturated carbocycles. The maximum absolute atomic E-state index is 13.6. The first kappa shape index (κ1) is 19.5. The van der Waals surface area contributed by atoms with Crippen molar-refractivity contribution in [2.75, 3.05) is 10.7 Å². The molecule has 1 heterocycles. The Morgan fingerprint density at radius 3 is 2.15 bits per heavy atom. The van der Waals surface area contributed by atoms with E-state index in [1.54, 1.807) is 67.6 Å². The minimum absolute atomic E-state index is 0.184. The predicted octanol–water partition coefficient (Wildman–Crippen LogP) is 4.49. The Kier molecular flexibility index (Phi) is 5.35. The molecule has 1 N–H and O–H groups in total. The molecule has 0 spiro atoms. The summed E-state index contributed by atoms with van der Waals surface area (Å²) in [5, 5.41) is 9.35. The molecular weight excluding hydrogens is 375 g/mol. The fourth-order valence-electron chi connectivity index (χ4n) is 3.13. The Morgan fingerprint density at radius 2 is 1.63 bits per heavy atom. The van der Waals surface area contributed by atoms with E-state index in [1.807, 2.05) is 0 Å². The fraction of sp³-hybridized carbons (Fsp3) is 0.250. The van der Waals surface area contributed by atoms with Gasteiger partial charge in [0, 0.05) is 16.8 Å². The first-order valence-electron chi connectivity index (χ1n) is 8.37. The summed E-state index contributed by atoms with van der Waals surface area (Å²) in [5.41, 5.74) is -1.81. The molecule has 1 aliphatic rings. The standard InChI is InChI=1S/C20H18F3NO2S/c1-2-27-17(20(21,22)23)16-13-19(26,14-9-5-3-6-10-14)24(18(16)25)15-11-7-4-8-12-15/h3-13,17,26H,2H2,1H3. The number of para-hydroxylation sites is 1. The first-order valence-corrected chi connectivity index (χ1v) is 9.42. The Balaban J connectivity index is 2.17. The molecule has 1 aliphatic heterocycles. The maximum atomic E-state index is 13.6. The molecule has 2 atom stereocenters. The number of carbonyl (C=O) groups is 1. The topological polar surface area (TPSA) is 40.5 Å². The van der Waals surface area contributed by atoms with Gasteiger partial charge in [-0.15, -0.1) is 11.8 Å². The van der Waals surface area contributed by atoms with Crippen molar-refractivity contribution in [1.82, 2.24) is 0 Å². The van der Waals surface area contributed by atoms with Crippen LogP contribution in [0.25, 0.3) is 0 Å². The highest BCUT2D eigenvalue weighted by molar-refractivity contribution is 8.00. The summed E-state index contributed by atoms with van der Waals surface area (Å²) in [6.07, 6.45) is -3.56. The smallest absolute Gasteiger partial charge is 0.363 e. The van der Waals surface area contributed by atoms with Gasteiger partial charge in [-0.25, -0.2) is 0 Å². The summed E-state index contributed by atoms with van der Waals surface area (Å²) in [6, 6.07) is 16.4. The molecule has 2 aromatic carbocycles. The molecule has 142 valence electrons. The van der Waals surface area contributed by atoms with Crippen molar-refractivity contribution in [3.8, 4) is 0 Å². The van der Waals surface area contributed by atoms with Crippen molar-refractivity contribution >= 4 is 23.4 Å². The number of aliphatic hydroxyl groups is 1. The number of halogens is 3. The molecule has 2 unspecified atom stereocenters. The SMILES string of the molecule is CCSC(C1=CC(O)(c2ccccc2)N(c2ccccc2)C1=O)C(F)(F)F. The van der Waals surface area contributed by atoms with Crippen LogP contribution in [0.5, 0.6) is 0 Å². The summed E-state index contributed by atoms with van der Waals surface area (Å²) in [4.78, 5) is 14.1. The molecule has 0 aliphatic carbocycles. The van der Waals surface area contributed by atoms with Gasteiger partial charge in [-0.3, -0.25) is 9.69 Å². The van der Waals surface area contributed by atoms with Crippen LogP contribution in [0.3, 0.4) is 0 Å². The van der Waals surface area contributed by atoms with Crippen LogP contribution in [-0.4, -0.2) is 28.2 Å². The summed E-state index contributed by atoms with van der Waals surface area (Å²) >= 11 is 0.626. The molecule has 3 rings (SSSR count). The Morgan fingerprint density at radius 1 is 1.07 bits per heavy atom. The number of hydrogen-bond donors (Lipinski definition) is 1. The number of nitrogens with zero attached hydrogens (tertiary/aromatic N) is 1. The van der Waals surface area contributed by atoms with Gasteiger partial charge in [0.05, 0.1) is 0 Å². The summed E-state index contributed by atoms with van der Waals surface area (Å²) < 4.78 is 40.8. The Labute approximate surface area is 159 Å². The second-order valence-corrected chi connectivity index (χ2v) is 7.43. The van der Waals surface area contributed by atoms with Gasteiger partial charge in [-0.1, -0.05) is 55.5 Å². The molecule has 0 bridgehead atoms. The molecular formula is C20H18F3NO2S. The van der Waals surface area contributed by atoms with Crippen LogP contribution in [0.1, 0.15) is 12.5 Å². The summed E-state index contributed by atoms with van der Waals surface area (Å²) in [5.74, 6) is -0.667. The number of thioether (sulfide) groups is 1. The number of amides is 1. The number of alkyl halides is 3. The molecule has 27 heavy (non-hydrogen) atoms. The average molecular weight is 393 g/mol. The van der Waals surface area contributed by atoms with Crippen LogP contribution in [-0.2, 0) is 10.5 Å². The third-order valence-corrected chi connectivity index (χ3v) is 5.46. The fourth-order valence-corrected chi connectivity index (χ4v) is 4.00. The molecule has 0 radical (unpaired) electrons. The lowest BCUT2D eigenvalue weighted by atomic mass is 10.0. The van der Waals surface area contributed by atoms with E-state index in [0.717, 1.165) is 11.0 Å². The van der Waals surface area contributed by atoms with Gasteiger partial charge in [-0.05, 0) is 24.0 Å². The van der Waals surface area contributed by atoms with E-state index in [9.17, 15) is 23.1 Å². The van der Waals surface area contributed by atoms with E-state index >= 15 is 0 Å². The third kappa shape index (κ3) is 3.61. The average Bonchev–Trinajstić information content (AvgIpc) is 2.92. The number of benzene rings is 2. The van der Waals surface area contributed by atoms with Crippen LogP contribution in [0, 0.1) is 0 Å². The number of hydrogen-bond acceptors (Lipinski definition) is 3. The Hall–Kier alpha value is -2.25. The molecule has 2 aromatic rings. The van der Waals surface area contributed by atoms with E-state index in [-0.39, 0.29) is 5.75 Å². The quantitative estimate of drug-likeness (QED) is 0.814. The second kappa shape index (κ2) is 7.40. The van der Waals surface area contributed by atoms with Crippen molar-refractivity contribution in [3.63, 3.8) is 0 Å². The third-order valence-electron chi connectivity index (χ3n) is 4.27. The van der Waals surface area contributed by atoms with Gasteiger partial charge in [0.2, 0.25) is 0 Å². The van der Waals surface area contributed by atoms with E-state index in [2.05, 4.69) is 0 Å². The zero-order valence-corrected chi connectivity index (χ0v) is 15.3. The van der Waals surface area contributed by atoms with Crippen LogP contribution in [0.15, 0.2) is 72.3 Å². The highest BCUT2D eigenvalue weighted by Crippen LogP contribution is 2.45. The molecule has 7 heteroatoms. The van der Waals surface area contributed by atoms with E-state index in [1.165, 1.54) is 0 Å². The monoisotopic (exact) mass is 393 g/mol. The Bertz CT molecular complexity index is 839. The van der Waals surface area contributed by atoms with Crippen molar-refractivity contribution in [2.45, 2.75) is 24.1 Å². The van der Waals surface area contributed by atoms with Gasteiger partial charge < -0.3 is 5.11 Å². The lowest BCUT2D eigenvalue weighted by Gasteiger charge is -2.33. The first-order chi connectivity index (χ1) is 12.8. The van der Waals surface area contributed by atoms with Gasteiger partial charge in [0.15, 0.2) is 5.72 Å². The number of carbonyl (C=O) groups excluding carboxylic acids is 1. The highest BCUT2D eigenvalue weighted by atomic mass is 32.2. The molecule has 1 amide bonds. The molecule has 3 nitrogen and oxygen atoms in total.